The third-order valence-electron chi connectivity index (χ3n) is 4.73. The van der Waals surface area contributed by atoms with E-state index < -0.39 is 0 Å². The van der Waals surface area contributed by atoms with Gasteiger partial charge < -0.3 is 23.7 Å². The van der Waals surface area contributed by atoms with Crippen LogP contribution < -0.4 is 18.9 Å². The van der Waals surface area contributed by atoms with Crippen molar-refractivity contribution in [2.75, 3.05) is 27.6 Å². The van der Waals surface area contributed by atoms with Gasteiger partial charge in [-0.15, -0.1) is 0 Å². The molecule has 2 aromatic rings. The predicted octanol–water partition coefficient (Wildman–Crippen LogP) is 3.07. The first kappa shape index (κ1) is 17.3. The predicted molar refractivity (Wildman–Crippen MR) is 97.5 cm³/mol. The first-order chi connectivity index (χ1) is 13.2. The van der Waals surface area contributed by atoms with Gasteiger partial charge in [-0.25, -0.2) is 4.79 Å². The second-order valence-electron chi connectivity index (χ2n) is 6.39. The van der Waals surface area contributed by atoms with Crippen molar-refractivity contribution in [1.82, 2.24) is 0 Å². The highest BCUT2D eigenvalue weighted by atomic mass is 16.7. The number of benzene rings is 2. The highest BCUT2D eigenvalue weighted by molar-refractivity contribution is 5.92. The molecule has 0 bridgehead atoms. The van der Waals surface area contributed by atoms with E-state index in [0.29, 0.717) is 36.5 Å². The lowest BCUT2D eigenvalue weighted by molar-refractivity contribution is -0.136. The van der Waals surface area contributed by atoms with E-state index in [-0.39, 0.29) is 12.8 Å². The lowest BCUT2D eigenvalue weighted by Crippen LogP contribution is -2.03. The highest BCUT2D eigenvalue weighted by Crippen LogP contribution is 2.34. The van der Waals surface area contributed by atoms with Gasteiger partial charge in [0.15, 0.2) is 23.0 Å². The van der Waals surface area contributed by atoms with Crippen LogP contribution in [0.1, 0.15) is 11.1 Å². The van der Waals surface area contributed by atoms with Crippen molar-refractivity contribution in [3.8, 4) is 23.0 Å². The monoisotopic (exact) mass is 368 g/mol. The van der Waals surface area contributed by atoms with E-state index in [4.69, 9.17) is 23.7 Å². The third-order valence-corrected chi connectivity index (χ3v) is 4.73. The summed E-state index contributed by atoms with van der Waals surface area (Å²) in [5.74, 6) is 2.52. The van der Waals surface area contributed by atoms with Gasteiger partial charge in [-0.1, -0.05) is 12.1 Å². The fourth-order valence-electron chi connectivity index (χ4n) is 3.32. The van der Waals surface area contributed by atoms with Crippen LogP contribution in [0.15, 0.2) is 47.5 Å². The summed E-state index contributed by atoms with van der Waals surface area (Å²) in [5, 5.41) is 0. The number of esters is 1. The second-order valence-corrected chi connectivity index (χ2v) is 6.39. The van der Waals surface area contributed by atoms with Crippen LogP contribution in [0.2, 0.25) is 0 Å². The van der Waals surface area contributed by atoms with E-state index in [1.165, 1.54) is 0 Å². The van der Waals surface area contributed by atoms with Gasteiger partial charge in [0, 0.05) is 12.0 Å². The molecule has 2 aliphatic heterocycles. The summed E-state index contributed by atoms with van der Waals surface area (Å²) in [6.07, 6.45) is 1.12. The maximum Gasteiger partial charge on any atom is 0.334 e. The van der Waals surface area contributed by atoms with E-state index in [1.807, 2.05) is 36.4 Å². The molecule has 0 amide bonds. The van der Waals surface area contributed by atoms with Crippen LogP contribution >= 0.6 is 0 Å². The summed E-state index contributed by atoms with van der Waals surface area (Å²) >= 11 is 0. The molecule has 0 radical (unpaired) electrons. The molecule has 6 nitrogen and oxygen atoms in total. The van der Waals surface area contributed by atoms with Crippen LogP contribution in [0.25, 0.3) is 0 Å². The molecule has 0 fully saturated rings. The number of carbonyl (C=O) groups excluding carboxylic acids is 1. The Morgan fingerprint density at radius 3 is 2.41 bits per heavy atom. The summed E-state index contributed by atoms with van der Waals surface area (Å²) in [4.78, 5) is 12.3. The van der Waals surface area contributed by atoms with Crippen LogP contribution in [-0.4, -0.2) is 33.6 Å². The molecule has 2 heterocycles. The van der Waals surface area contributed by atoms with Crippen LogP contribution in [0.3, 0.4) is 0 Å². The van der Waals surface area contributed by atoms with Gasteiger partial charge >= 0.3 is 5.97 Å². The van der Waals surface area contributed by atoms with E-state index in [2.05, 4.69) is 0 Å². The van der Waals surface area contributed by atoms with E-state index in [9.17, 15) is 4.79 Å². The first-order valence-electron chi connectivity index (χ1n) is 8.65. The van der Waals surface area contributed by atoms with Crippen molar-refractivity contribution in [3.63, 3.8) is 0 Å². The Morgan fingerprint density at radius 1 is 0.852 bits per heavy atom. The van der Waals surface area contributed by atoms with E-state index in [0.717, 1.165) is 28.2 Å². The molecule has 0 aromatic heterocycles. The van der Waals surface area contributed by atoms with Crippen molar-refractivity contribution < 1.29 is 28.5 Å². The minimum Gasteiger partial charge on any atom is -0.493 e. The zero-order valence-electron chi connectivity index (χ0n) is 15.2. The van der Waals surface area contributed by atoms with Crippen LogP contribution in [0, 0.1) is 0 Å². The average molecular weight is 368 g/mol. The Labute approximate surface area is 157 Å². The van der Waals surface area contributed by atoms with Crippen molar-refractivity contribution in [2.24, 2.45) is 0 Å². The first-order valence-corrected chi connectivity index (χ1v) is 8.65. The fourth-order valence-corrected chi connectivity index (χ4v) is 3.32. The summed E-state index contributed by atoms with van der Waals surface area (Å²) in [6, 6.07) is 11.5. The van der Waals surface area contributed by atoms with E-state index in [1.54, 1.807) is 14.2 Å². The molecule has 0 spiro atoms. The van der Waals surface area contributed by atoms with Crippen molar-refractivity contribution >= 4 is 5.97 Å². The number of cyclic esters (lactones) is 1. The number of rotatable bonds is 6. The molecule has 0 aliphatic carbocycles. The molecule has 140 valence electrons. The van der Waals surface area contributed by atoms with Gasteiger partial charge in [0.1, 0.15) is 6.61 Å². The Hall–Kier alpha value is -3.15. The van der Waals surface area contributed by atoms with Crippen LogP contribution in [0.5, 0.6) is 23.0 Å². The Bertz CT molecular complexity index is 915. The largest absolute Gasteiger partial charge is 0.493 e. The van der Waals surface area contributed by atoms with Gasteiger partial charge in [-0.2, -0.15) is 0 Å². The number of hydrogen-bond acceptors (Lipinski definition) is 6. The molecule has 4 rings (SSSR count). The van der Waals surface area contributed by atoms with Gasteiger partial charge in [-0.3, -0.25) is 0 Å². The maximum absolute atomic E-state index is 12.3. The summed E-state index contributed by atoms with van der Waals surface area (Å²) < 4.78 is 26.7. The number of ether oxygens (including phenoxy) is 5. The zero-order valence-corrected chi connectivity index (χ0v) is 15.2. The molecule has 2 aliphatic rings. The van der Waals surface area contributed by atoms with Gasteiger partial charge in [0.25, 0.3) is 0 Å². The number of fused-ring (bicyclic) bond motifs is 1. The van der Waals surface area contributed by atoms with Crippen molar-refractivity contribution in [1.29, 1.82) is 0 Å². The topological polar surface area (TPSA) is 63.2 Å². The maximum atomic E-state index is 12.3. The van der Waals surface area contributed by atoms with Crippen LogP contribution in [0.4, 0.5) is 0 Å². The van der Waals surface area contributed by atoms with E-state index >= 15 is 0 Å². The van der Waals surface area contributed by atoms with Gasteiger partial charge in [0.05, 0.1) is 14.2 Å². The molecular formula is C21H20O6. The molecule has 0 atom stereocenters. The molecule has 0 saturated carbocycles. The lowest BCUT2D eigenvalue weighted by Gasteiger charge is -2.10. The lowest BCUT2D eigenvalue weighted by atomic mass is 9.97. The summed E-state index contributed by atoms with van der Waals surface area (Å²) in [6.45, 7) is 0.559. The molecule has 0 unspecified atom stereocenters. The number of methoxy groups -OCH3 is 2. The molecule has 0 saturated heterocycles. The molecular weight excluding hydrogens is 348 g/mol. The Balaban J connectivity index is 1.58. The highest BCUT2D eigenvalue weighted by Gasteiger charge is 2.26. The van der Waals surface area contributed by atoms with Crippen LogP contribution in [-0.2, 0) is 22.4 Å². The molecule has 2 aromatic carbocycles. The SMILES string of the molecule is COc1ccc(CC2=C(Cc3ccc4c(c3)OCO4)COC2=O)cc1OC. The van der Waals surface area contributed by atoms with Crippen molar-refractivity contribution in [2.45, 2.75) is 12.8 Å². The normalized spacial score (nSPS) is 15.1. The Morgan fingerprint density at radius 2 is 1.59 bits per heavy atom. The Kier molecular flexibility index (Phi) is 4.62. The average Bonchev–Trinajstić information content (AvgIpc) is 3.29. The summed E-state index contributed by atoms with van der Waals surface area (Å²) in [7, 11) is 3.19. The fraction of sp³-hybridized carbons (Fsp3) is 0.286. The third kappa shape index (κ3) is 3.43. The number of hydrogen-bond donors (Lipinski definition) is 0. The molecule has 0 N–H and O–H groups in total. The smallest absolute Gasteiger partial charge is 0.334 e. The minimum absolute atomic E-state index is 0.244. The summed E-state index contributed by atoms with van der Waals surface area (Å²) in [5.41, 5.74) is 3.69. The second kappa shape index (κ2) is 7.23. The zero-order chi connectivity index (χ0) is 18.8. The van der Waals surface area contributed by atoms with Gasteiger partial charge in [-0.05, 0) is 47.4 Å². The number of carbonyl (C=O) groups is 1. The molecule has 6 heteroatoms. The quantitative estimate of drug-likeness (QED) is 0.730. The van der Waals surface area contributed by atoms with Crippen molar-refractivity contribution in [3.05, 3.63) is 58.7 Å². The molecule has 27 heavy (non-hydrogen) atoms. The minimum atomic E-state index is -0.263. The van der Waals surface area contributed by atoms with Gasteiger partial charge in [0.2, 0.25) is 6.79 Å². The standard InChI is InChI=1S/C21H20O6/c1-23-17-5-3-14(9-19(17)24-2)8-16-15(11-25-21(16)22)7-13-4-6-18-20(10-13)27-12-26-18/h3-6,9-10H,7-8,11-12H2,1-2H3.